The summed E-state index contributed by atoms with van der Waals surface area (Å²) in [6.45, 7) is 3.70. The Morgan fingerprint density at radius 3 is 2.39 bits per heavy atom. The molecule has 2 heterocycles. The molecule has 0 spiro atoms. The standard InChI is InChI=1S/C21H27N3O3S/c1-16-5-7-17(8-6-16)14-24(18-9-10-18)21(25)20-13-19(15-22(20)2)28(26,27)23-11-3-4-12-23/h5-8,13,15,18H,3-4,9-12,14H2,1-2H3. The smallest absolute Gasteiger partial charge is 0.271 e. The van der Waals surface area contributed by atoms with Crippen molar-refractivity contribution in [1.29, 1.82) is 0 Å². The van der Waals surface area contributed by atoms with Crippen LogP contribution in [0.5, 0.6) is 0 Å². The number of sulfonamides is 1. The van der Waals surface area contributed by atoms with Gasteiger partial charge in [0.15, 0.2) is 0 Å². The largest absolute Gasteiger partial charge is 0.345 e. The number of hydrogen-bond donors (Lipinski definition) is 0. The molecule has 1 aliphatic heterocycles. The Labute approximate surface area is 166 Å². The number of nitrogens with zero attached hydrogens (tertiary/aromatic N) is 3. The van der Waals surface area contributed by atoms with Crippen LogP contribution in [0.25, 0.3) is 0 Å². The van der Waals surface area contributed by atoms with Crippen LogP contribution >= 0.6 is 0 Å². The summed E-state index contributed by atoms with van der Waals surface area (Å²) in [6.07, 6.45) is 5.35. The average molecular weight is 402 g/mol. The molecule has 0 atom stereocenters. The molecule has 1 aliphatic carbocycles. The van der Waals surface area contributed by atoms with Crippen molar-refractivity contribution in [3.63, 3.8) is 0 Å². The van der Waals surface area contributed by atoms with Gasteiger partial charge in [-0.2, -0.15) is 4.31 Å². The van der Waals surface area contributed by atoms with E-state index < -0.39 is 10.0 Å². The van der Waals surface area contributed by atoms with E-state index in [9.17, 15) is 13.2 Å². The first-order valence-corrected chi connectivity index (χ1v) is 11.3. The minimum absolute atomic E-state index is 0.103. The molecule has 1 saturated carbocycles. The van der Waals surface area contributed by atoms with Crippen LogP contribution in [0.2, 0.25) is 0 Å². The van der Waals surface area contributed by atoms with E-state index in [4.69, 9.17) is 0 Å². The van der Waals surface area contributed by atoms with Gasteiger partial charge in [0.25, 0.3) is 5.91 Å². The topological polar surface area (TPSA) is 62.6 Å². The van der Waals surface area contributed by atoms with E-state index in [1.807, 2.05) is 36.1 Å². The van der Waals surface area contributed by atoms with Crippen molar-refractivity contribution in [3.8, 4) is 0 Å². The third kappa shape index (κ3) is 3.73. The summed E-state index contributed by atoms with van der Waals surface area (Å²) in [5, 5.41) is 0. The molecule has 2 aliphatic rings. The molecule has 6 nitrogen and oxygen atoms in total. The molecule has 1 saturated heterocycles. The maximum Gasteiger partial charge on any atom is 0.271 e. The summed E-state index contributed by atoms with van der Waals surface area (Å²) in [5.74, 6) is -0.103. The zero-order valence-corrected chi connectivity index (χ0v) is 17.3. The maximum absolute atomic E-state index is 13.3. The van der Waals surface area contributed by atoms with Gasteiger partial charge in [-0.1, -0.05) is 29.8 Å². The van der Waals surface area contributed by atoms with E-state index in [2.05, 4.69) is 0 Å². The second-order valence-corrected chi connectivity index (χ2v) is 9.87. The predicted octanol–water partition coefficient (Wildman–Crippen LogP) is 2.92. The van der Waals surface area contributed by atoms with E-state index in [0.717, 1.165) is 31.2 Å². The molecule has 0 bridgehead atoms. The van der Waals surface area contributed by atoms with Crippen molar-refractivity contribution in [2.45, 2.75) is 50.1 Å². The molecule has 1 aromatic carbocycles. The van der Waals surface area contributed by atoms with Crippen LogP contribution in [-0.4, -0.2) is 47.2 Å². The first kappa shape index (κ1) is 19.2. The van der Waals surface area contributed by atoms with Crippen LogP contribution < -0.4 is 0 Å². The van der Waals surface area contributed by atoms with Gasteiger partial charge in [-0.3, -0.25) is 4.79 Å². The van der Waals surface area contributed by atoms with E-state index >= 15 is 0 Å². The number of aryl methyl sites for hydroxylation is 2. The van der Waals surface area contributed by atoms with Gasteiger partial charge in [0, 0.05) is 38.9 Å². The van der Waals surface area contributed by atoms with E-state index in [0.29, 0.717) is 25.3 Å². The number of amides is 1. The molecule has 2 fully saturated rings. The summed E-state index contributed by atoms with van der Waals surface area (Å²) < 4.78 is 28.9. The molecule has 1 amide bonds. The Hall–Kier alpha value is -2.12. The first-order valence-electron chi connectivity index (χ1n) is 9.89. The normalized spacial score (nSPS) is 17.8. The van der Waals surface area contributed by atoms with Gasteiger partial charge in [0.2, 0.25) is 10.0 Å². The van der Waals surface area contributed by atoms with Crippen LogP contribution in [0.15, 0.2) is 41.4 Å². The number of carbonyl (C=O) groups excluding carboxylic acids is 1. The van der Waals surface area contributed by atoms with Crippen molar-refractivity contribution in [2.75, 3.05) is 13.1 Å². The lowest BCUT2D eigenvalue weighted by molar-refractivity contribution is 0.0720. The van der Waals surface area contributed by atoms with Crippen LogP contribution in [0.4, 0.5) is 0 Å². The molecule has 0 unspecified atom stereocenters. The van der Waals surface area contributed by atoms with Crippen LogP contribution in [0.3, 0.4) is 0 Å². The molecule has 1 aromatic heterocycles. The molecule has 28 heavy (non-hydrogen) atoms. The number of rotatable bonds is 6. The van der Waals surface area contributed by atoms with Gasteiger partial charge < -0.3 is 9.47 Å². The molecular formula is C21H27N3O3S. The van der Waals surface area contributed by atoms with Crippen molar-refractivity contribution in [3.05, 3.63) is 53.3 Å². The molecule has 7 heteroatoms. The fraction of sp³-hybridized carbons (Fsp3) is 0.476. The highest BCUT2D eigenvalue weighted by molar-refractivity contribution is 7.89. The number of benzene rings is 1. The summed E-state index contributed by atoms with van der Waals surface area (Å²) in [7, 11) is -1.78. The van der Waals surface area contributed by atoms with Gasteiger partial charge in [-0.05, 0) is 44.2 Å². The predicted molar refractivity (Wildman–Crippen MR) is 107 cm³/mol. The van der Waals surface area contributed by atoms with Crippen LogP contribution in [-0.2, 0) is 23.6 Å². The molecule has 4 rings (SSSR count). The SMILES string of the molecule is Cc1ccc(CN(C(=O)c2cc(S(=O)(=O)N3CCCC3)cn2C)C2CC2)cc1. The lowest BCUT2D eigenvalue weighted by Crippen LogP contribution is -2.33. The minimum Gasteiger partial charge on any atom is -0.345 e. The molecule has 2 aromatic rings. The summed E-state index contributed by atoms with van der Waals surface area (Å²) in [4.78, 5) is 15.4. The van der Waals surface area contributed by atoms with Crippen LogP contribution in [0, 0.1) is 6.92 Å². The van der Waals surface area contributed by atoms with Crippen molar-refractivity contribution in [1.82, 2.24) is 13.8 Å². The van der Waals surface area contributed by atoms with Crippen molar-refractivity contribution in [2.24, 2.45) is 7.05 Å². The Morgan fingerprint density at radius 1 is 1.14 bits per heavy atom. The van der Waals surface area contributed by atoms with Gasteiger partial charge in [-0.15, -0.1) is 0 Å². The van der Waals surface area contributed by atoms with Gasteiger partial charge in [0.05, 0.1) is 0 Å². The second-order valence-electron chi connectivity index (χ2n) is 7.93. The fourth-order valence-corrected chi connectivity index (χ4v) is 5.34. The monoisotopic (exact) mass is 401 g/mol. The highest BCUT2D eigenvalue weighted by Crippen LogP contribution is 2.31. The summed E-state index contributed by atoms with van der Waals surface area (Å²) in [5.41, 5.74) is 2.70. The maximum atomic E-state index is 13.3. The molecule has 0 radical (unpaired) electrons. The number of hydrogen-bond acceptors (Lipinski definition) is 3. The quantitative estimate of drug-likeness (QED) is 0.748. The highest BCUT2D eigenvalue weighted by Gasteiger charge is 2.35. The lowest BCUT2D eigenvalue weighted by Gasteiger charge is -2.23. The summed E-state index contributed by atoms with van der Waals surface area (Å²) >= 11 is 0. The van der Waals surface area contributed by atoms with Gasteiger partial charge >= 0.3 is 0 Å². The van der Waals surface area contributed by atoms with E-state index in [1.165, 1.54) is 9.87 Å². The minimum atomic E-state index is -3.53. The van der Waals surface area contributed by atoms with Crippen LogP contribution in [0.1, 0.15) is 47.3 Å². The van der Waals surface area contributed by atoms with E-state index in [-0.39, 0.29) is 16.8 Å². The van der Waals surface area contributed by atoms with Crippen molar-refractivity contribution < 1.29 is 13.2 Å². The Morgan fingerprint density at radius 2 is 1.79 bits per heavy atom. The molecular weight excluding hydrogens is 374 g/mol. The van der Waals surface area contributed by atoms with Crippen molar-refractivity contribution >= 4 is 15.9 Å². The fourth-order valence-electron chi connectivity index (χ4n) is 3.76. The third-order valence-electron chi connectivity index (χ3n) is 5.62. The number of carbonyl (C=O) groups is 1. The first-order chi connectivity index (χ1) is 13.4. The number of aromatic nitrogens is 1. The van der Waals surface area contributed by atoms with Gasteiger partial charge in [-0.25, -0.2) is 8.42 Å². The zero-order chi connectivity index (χ0) is 19.9. The summed E-state index contributed by atoms with van der Waals surface area (Å²) in [6, 6.07) is 9.98. The molecule has 0 N–H and O–H groups in total. The lowest BCUT2D eigenvalue weighted by atomic mass is 10.1. The van der Waals surface area contributed by atoms with Gasteiger partial charge in [0.1, 0.15) is 10.6 Å². The average Bonchev–Trinajstić information content (AvgIpc) is 3.18. The Kier molecular flexibility index (Phi) is 5.05. The highest BCUT2D eigenvalue weighted by atomic mass is 32.2. The Balaban J connectivity index is 1.59. The Bertz CT molecular complexity index is 969. The third-order valence-corrected chi connectivity index (χ3v) is 7.49. The van der Waals surface area contributed by atoms with E-state index in [1.54, 1.807) is 23.9 Å². The molecule has 150 valence electrons. The zero-order valence-electron chi connectivity index (χ0n) is 16.5. The second kappa shape index (κ2) is 7.37.